The Bertz CT molecular complexity index is 453. The minimum atomic E-state index is 0.568. The van der Waals surface area contributed by atoms with E-state index in [1.54, 1.807) is 23.7 Å². The third-order valence-electron chi connectivity index (χ3n) is 1.98. The molecule has 0 spiro atoms. The van der Waals surface area contributed by atoms with Gasteiger partial charge in [0.2, 0.25) is 5.88 Å². The summed E-state index contributed by atoms with van der Waals surface area (Å²) in [4.78, 5) is 10.7. The lowest BCUT2D eigenvalue weighted by atomic mass is 10.4. The molecule has 0 unspecified atom stereocenters. The number of hydrogen-bond acceptors (Lipinski definition) is 4. The van der Waals surface area contributed by atoms with Crippen LogP contribution in [0.25, 0.3) is 0 Å². The molecule has 0 amide bonds. The number of ether oxygens (including phenoxy) is 1. The zero-order valence-electron chi connectivity index (χ0n) is 8.73. The van der Waals surface area contributed by atoms with E-state index in [0.717, 1.165) is 5.69 Å². The maximum atomic E-state index is 5.57. The molecule has 0 fully saturated rings. The molecule has 0 atom stereocenters. The number of aromatic nitrogens is 2. The summed E-state index contributed by atoms with van der Waals surface area (Å²) < 4.78 is 5.57. The molecule has 0 bridgehead atoms. The van der Waals surface area contributed by atoms with Gasteiger partial charge in [0.15, 0.2) is 0 Å². The van der Waals surface area contributed by atoms with Crippen molar-refractivity contribution < 1.29 is 4.74 Å². The molecule has 2 aromatic rings. The van der Waals surface area contributed by atoms with Crippen molar-refractivity contribution in [2.24, 2.45) is 0 Å². The van der Waals surface area contributed by atoms with Crippen molar-refractivity contribution in [2.75, 3.05) is 0 Å². The van der Waals surface area contributed by atoms with Gasteiger partial charge in [-0.25, -0.2) is 4.98 Å². The first-order valence-electron chi connectivity index (χ1n) is 4.71. The topological polar surface area (TPSA) is 35.0 Å². The van der Waals surface area contributed by atoms with Gasteiger partial charge < -0.3 is 4.74 Å². The Morgan fingerprint density at radius 1 is 1.20 bits per heavy atom. The quantitative estimate of drug-likeness (QED) is 0.797. The van der Waals surface area contributed by atoms with Gasteiger partial charge in [0, 0.05) is 22.1 Å². The molecule has 3 nitrogen and oxygen atoms in total. The molecule has 2 aromatic heterocycles. The van der Waals surface area contributed by atoms with Gasteiger partial charge in [0.05, 0.1) is 5.69 Å². The Hall–Kier alpha value is -1.42. The summed E-state index contributed by atoms with van der Waals surface area (Å²) >= 11 is 1.74. The summed E-state index contributed by atoms with van der Waals surface area (Å²) in [5, 5.41) is 0. The Kier molecular flexibility index (Phi) is 2.97. The highest BCUT2D eigenvalue weighted by molar-refractivity contribution is 7.11. The van der Waals surface area contributed by atoms with E-state index in [1.807, 2.05) is 6.92 Å². The zero-order chi connectivity index (χ0) is 10.7. The second-order valence-electron chi connectivity index (χ2n) is 3.25. The Morgan fingerprint density at radius 3 is 2.67 bits per heavy atom. The highest BCUT2D eigenvalue weighted by Crippen LogP contribution is 2.18. The van der Waals surface area contributed by atoms with Gasteiger partial charge in [-0.2, -0.15) is 0 Å². The Labute approximate surface area is 92.8 Å². The van der Waals surface area contributed by atoms with Crippen molar-refractivity contribution in [3.63, 3.8) is 0 Å². The van der Waals surface area contributed by atoms with Gasteiger partial charge in [-0.3, -0.25) is 4.98 Å². The molecule has 0 saturated heterocycles. The molecular formula is C11H12N2OS. The second-order valence-corrected chi connectivity index (χ2v) is 4.62. The normalized spacial score (nSPS) is 10.3. The lowest BCUT2D eigenvalue weighted by Gasteiger charge is -2.04. The Morgan fingerprint density at radius 2 is 2.00 bits per heavy atom. The van der Waals surface area contributed by atoms with Crippen LogP contribution in [0.5, 0.6) is 5.88 Å². The summed E-state index contributed by atoms with van der Waals surface area (Å²) in [6.07, 6.45) is 3.31. The zero-order valence-corrected chi connectivity index (χ0v) is 9.54. The van der Waals surface area contributed by atoms with Crippen LogP contribution in [0.4, 0.5) is 0 Å². The van der Waals surface area contributed by atoms with E-state index in [9.17, 15) is 0 Å². The third-order valence-corrected chi connectivity index (χ3v) is 2.96. The van der Waals surface area contributed by atoms with E-state index in [1.165, 1.54) is 9.75 Å². The molecule has 0 N–H and O–H groups in total. The van der Waals surface area contributed by atoms with Crippen LogP contribution in [0, 0.1) is 13.8 Å². The smallest absolute Gasteiger partial charge is 0.235 e. The van der Waals surface area contributed by atoms with Gasteiger partial charge in [-0.05, 0) is 26.0 Å². The highest BCUT2D eigenvalue weighted by atomic mass is 32.1. The van der Waals surface area contributed by atoms with E-state index < -0.39 is 0 Å². The lowest BCUT2D eigenvalue weighted by Crippen LogP contribution is -1.98. The predicted molar refractivity (Wildman–Crippen MR) is 60.2 cm³/mol. The summed E-state index contributed by atoms with van der Waals surface area (Å²) in [6.45, 7) is 4.54. The van der Waals surface area contributed by atoms with Crippen LogP contribution in [-0.4, -0.2) is 9.97 Å². The summed E-state index contributed by atoms with van der Waals surface area (Å²) in [5.74, 6) is 0.614. The molecule has 15 heavy (non-hydrogen) atoms. The van der Waals surface area contributed by atoms with Crippen molar-refractivity contribution in [1.82, 2.24) is 9.97 Å². The van der Waals surface area contributed by atoms with Crippen molar-refractivity contribution >= 4 is 11.3 Å². The van der Waals surface area contributed by atoms with Crippen LogP contribution < -0.4 is 4.74 Å². The molecule has 78 valence electrons. The first-order valence-corrected chi connectivity index (χ1v) is 5.53. The first kappa shape index (κ1) is 10.1. The first-order chi connectivity index (χ1) is 7.25. The van der Waals surface area contributed by atoms with Crippen molar-refractivity contribution in [3.05, 3.63) is 40.0 Å². The van der Waals surface area contributed by atoms with Crippen LogP contribution in [0.3, 0.4) is 0 Å². The van der Waals surface area contributed by atoms with E-state index >= 15 is 0 Å². The highest BCUT2D eigenvalue weighted by Gasteiger charge is 2.02. The SMILES string of the molecule is Cc1ccc(COc2nccnc2C)s1. The van der Waals surface area contributed by atoms with E-state index in [-0.39, 0.29) is 0 Å². The van der Waals surface area contributed by atoms with Gasteiger partial charge in [0.1, 0.15) is 6.61 Å². The number of aryl methyl sites for hydroxylation is 2. The average Bonchev–Trinajstić information content (AvgIpc) is 2.63. The number of thiophene rings is 1. The molecule has 0 aliphatic carbocycles. The fraction of sp³-hybridized carbons (Fsp3) is 0.273. The van der Waals surface area contributed by atoms with Crippen molar-refractivity contribution in [1.29, 1.82) is 0 Å². The largest absolute Gasteiger partial charge is 0.471 e. The fourth-order valence-corrected chi connectivity index (χ4v) is 2.04. The van der Waals surface area contributed by atoms with E-state index in [4.69, 9.17) is 4.74 Å². The maximum absolute atomic E-state index is 5.57. The fourth-order valence-electron chi connectivity index (χ4n) is 1.24. The van der Waals surface area contributed by atoms with Crippen LogP contribution in [0.2, 0.25) is 0 Å². The molecule has 0 aliphatic rings. The van der Waals surface area contributed by atoms with Gasteiger partial charge in [-0.1, -0.05) is 0 Å². The standard InChI is InChI=1S/C11H12N2OS/c1-8-3-4-10(15-8)7-14-11-9(2)12-5-6-13-11/h3-6H,7H2,1-2H3. The van der Waals surface area contributed by atoms with Crippen LogP contribution in [-0.2, 0) is 6.61 Å². The van der Waals surface area contributed by atoms with Gasteiger partial charge in [0.25, 0.3) is 0 Å². The van der Waals surface area contributed by atoms with Crippen molar-refractivity contribution in [2.45, 2.75) is 20.5 Å². The number of nitrogens with zero attached hydrogens (tertiary/aromatic N) is 2. The summed E-state index contributed by atoms with van der Waals surface area (Å²) in [7, 11) is 0. The van der Waals surface area contributed by atoms with Crippen LogP contribution >= 0.6 is 11.3 Å². The number of hydrogen-bond donors (Lipinski definition) is 0. The van der Waals surface area contributed by atoms with Gasteiger partial charge in [-0.15, -0.1) is 11.3 Å². The van der Waals surface area contributed by atoms with Crippen molar-refractivity contribution in [3.8, 4) is 5.88 Å². The van der Waals surface area contributed by atoms with Crippen LogP contribution in [0.1, 0.15) is 15.4 Å². The minimum absolute atomic E-state index is 0.568. The number of rotatable bonds is 3. The molecular weight excluding hydrogens is 208 g/mol. The molecule has 0 aliphatic heterocycles. The Balaban J connectivity index is 2.02. The monoisotopic (exact) mass is 220 g/mol. The molecule has 0 aromatic carbocycles. The molecule has 4 heteroatoms. The summed E-state index contributed by atoms with van der Waals surface area (Å²) in [5.41, 5.74) is 0.825. The molecule has 0 radical (unpaired) electrons. The minimum Gasteiger partial charge on any atom is -0.471 e. The third kappa shape index (κ3) is 2.53. The molecule has 0 saturated carbocycles. The van der Waals surface area contributed by atoms with E-state index in [2.05, 4.69) is 29.0 Å². The predicted octanol–water partition coefficient (Wildman–Crippen LogP) is 2.73. The molecule has 2 heterocycles. The maximum Gasteiger partial charge on any atom is 0.235 e. The second kappa shape index (κ2) is 4.40. The molecule has 2 rings (SSSR count). The van der Waals surface area contributed by atoms with Gasteiger partial charge >= 0.3 is 0 Å². The summed E-state index contributed by atoms with van der Waals surface area (Å²) in [6, 6.07) is 4.17. The lowest BCUT2D eigenvalue weighted by molar-refractivity contribution is 0.293. The van der Waals surface area contributed by atoms with Crippen LogP contribution in [0.15, 0.2) is 24.5 Å². The average molecular weight is 220 g/mol. The van der Waals surface area contributed by atoms with E-state index in [0.29, 0.717) is 12.5 Å².